The van der Waals surface area contributed by atoms with Gasteiger partial charge in [0, 0.05) is 4.57 Å². The standard InChI is InChI=1S/C13H10.HO3P/c1-3-7-12-10(5-1)9-11-6-2-4-8-13(11)12;1-4(2)3/h1-8H,9H2;(H-,1,2,3)/p+1. The number of fused-ring (bicyclic) bond motifs is 3. The molecule has 0 aliphatic heterocycles. The predicted molar refractivity (Wildman–Crippen MR) is 66.7 cm³/mol. The largest absolute Gasteiger partial charge is 0.692 e. The summed E-state index contributed by atoms with van der Waals surface area (Å²) in [5.74, 6) is 0. The van der Waals surface area contributed by atoms with Crippen molar-refractivity contribution in [3.05, 3.63) is 59.7 Å². The van der Waals surface area contributed by atoms with Crippen LogP contribution in [0.3, 0.4) is 0 Å². The summed E-state index contributed by atoms with van der Waals surface area (Å²) >= 11 is 0. The molecule has 0 saturated carbocycles. The Morgan fingerprint density at radius 3 is 1.59 bits per heavy atom. The molecule has 0 fully saturated rings. The molecular formula is C13H12O3P+. The lowest BCUT2D eigenvalue weighted by molar-refractivity contribution is 0.405. The maximum absolute atomic E-state index is 8.70. The average Bonchev–Trinajstić information content (AvgIpc) is 2.66. The number of benzene rings is 2. The van der Waals surface area contributed by atoms with Crippen LogP contribution in [0.4, 0.5) is 0 Å². The Morgan fingerprint density at radius 1 is 0.824 bits per heavy atom. The van der Waals surface area contributed by atoms with E-state index in [9.17, 15) is 0 Å². The molecule has 2 aromatic rings. The van der Waals surface area contributed by atoms with Gasteiger partial charge >= 0.3 is 8.25 Å². The van der Waals surface area contributed by atoms with Crippen molar-refractivity contribution in [2.75, 3.05) is 0 Å². The fourth-order valence-corrected chi connectivity index (χ4v) is 2.08. The maximum Gasteiger partial charge on any atom is 0.692 e. The fourth-order valence-electron chi connectivity index (χ4n) is 2.08. The zero-order chi connectivity index (χ0) is 12.3. The van der Waals surface area contributed by atoms with Crippen molar-refractivity contribution in [3.8, 4) is 11.1 Å². The van der Waals surface area contributed by atoms with Crippen LogP contribution in [0.2, 0.25) is 0 Å². The van der Waals surface area contributed by atoms with E-state index in [1.165, 1.54) is 22.3 Å². The van der Waals surface area contributed by atoms with Gasteiger partial charge in [0.05, 0.1) is 0 Å². The van der Waals surface area contributed by atoms with Crippen molar-refractivity contribution in [1.82, 2.24) is 0 Å². The molecule has 3 nitrogen and oxygen atoms in total. The molecule has 0 aromatic heterocycles. The van der Waals surface area contributed by atoms with Crippen LogP contribution in [0, 0.1) is 0 Å². The van der Waals surface area contributed by atoms with E-state index in [-0.39, 0.29) is 0 Å². The van der Waals surface area contributed by atoms with Crippen molar-refractivity contribution in [1.29, 1.82) is 0 Å². The summed E-state index contributed by atoms with van der Waals surface area (Å²) in [6.07, 6.45) is 1.10. The molecule has 2 N–H and O–H groups in total. The zero-order valence-corrected chi connectivity index (χ0v) is 9.97. The Labute approximate surface area is 100 Å². The lowest BCUT2D eigenvalue weighted by Gasteiger charge is -1.98. The molecule has 86 valence electrons. The third kappa shape index (κ3) is 2.77. The summed E-state index contributed by atoms with van der Waals surface area (Å²) in [5.41, 5.74) is 5.75. The van der Waals surface area contributed by atoms with Crippen LogP contribution in [0.5, 0.6) is 0 Å². The summed E-state index contributed by atoms with van der Waals surface area (Å²) in [5, 5.41) is 0. The quantitative estimate of drug-likeness (QED) is 0.600. The summed E-state index contributed by atoms with van der Waals surface area (Å²) in [4.78, 5) is 14.2. The molecule has 0 bridgehead atoms. The van der Waals surface area contributed by atoms with Gasteiger partial charge in [0.25, 0.3) is 0 Å². The lowest BCUT2D eigenvalue weighted by atomic mass is 10.1. The molecule has 0 unspecified atom stereocenters. The first kappa shape index (κ1) is 11.9. The van der Waals surface area contributed by atoms with E-state index in [4.69, 9.17) is 14.4 Å². The second-order valence-electron chi connectivity index (χ2n) is 3.74. The zero-order valence-electron chi connectivity index (χ0n) is 9.08. The van der Waals surface area contributed by atoms with Crippen molar-refractivity contribution in [3.63, 3.8) is 0 Å². The normalized spacial score (nSPS) is 10.9. The minimum absolute atomic E-state index is 1.10. The Balaban J connectivity index is 0.000000239. The highest BCUT2D eigenvalue weighted by Crippen LogP contribution is 2.35. The van der Waals surface area contributed by atoms with Crippen LogP contribution >= 0.6 is 8.25 Å². The SMILES string of the molecule is O=[P+](O)O.c1ccc2c(c1)Cc1ccccc1-2. The molecule has 0 heterocycles. The van der Waals surface area contributed by atoms with Crippen molar-refractivity contribution in [2.24, 2.45) is 0 Å². The van der Waals surface area contributed by atoms with E-state index in [1.807, 2.05) is 0 Å². The van der Waals surface area contributed by atoms with Crippen molar-refractivity contribution < 1.29 is 14.4 Å². The third-order valence-corrected chi connectivity index (χ3v) is 2.71. The third-order valence-electron chi connectivity index (χ3n) is 2.71. The van der Waals surface area contributed by atoms with E-state index in [0.29, 0.717) is 0 Å². The second kappa shape index (κ2) is 5.19. The van der Waals surface area contributed by atoms with Gasteiger partial charge in [-0.05, 0) is 28.7 Å². The summed E-state index contributed by atoms with van der Waals surface area (Å²) < 4.78 is 8.70. The molecule has 0 saturated heterocycles. The van der Waals surface area contributed by atoms with Crippen LogP contribution < -0.4 is 0 Å². The molecule has 17 heavy (non-hydrogen) atoms. The molecular weight excluding hydrogens is 235 g/mol. The molecule has 0 amide bonds. The first-order valence-electron chi connectivity index (χ1n) is 5.19. The predicted octanol–water partition coefficient (Wildman–Crippen LogP) is 2.89. The number of hydrogen-bond donors (Lipinski definition) is 2. The molecule has 3 rings (SSSR count). The van der Waals surface area contributed by atoms with Crippen LogP contribution in [0.25, 0.3) is 11.1 Å². The molecule has 1 aliphatic rings. The van der Waals surface area contributed by atoms with Crippen LogP contribution in [0.1, 0.15) is 11.1 Å². The van der Waals surface area contributed by atoms with Crippen LogP contribution in [0.15, 0.2) is 48.5 Å². The first-order valence-corrected chi connectivity index (χ1v) is 6.36. The van der Waals surface area contributed by atoms with E-state index in [1.54, 1.807) is 0 Å². The monoisotopic (exact) mass is 247 g/mol. The van der Waals surface area contributed by atoms with Gasteiger partial charge in [-0.2, -0.15) is 0 Å². The average molecular weight is 247 g/mol. The Bertz CT molecular complexity index is 504. The Morgan fingerprint density at radius 2 is 1.18 bits per heavy atom. The van der Waals surface area contributed by atoms with E-state index >= 15 is 0 Å². The van der Waals surface area contributed by atoms with Crippen LogP contribution in [-0.4, -0.2) is 9.79 Å². The highest BCUT2D eigenvalue weighted by atomic mass is 31.1. The molecule has 0 spiro atoms. The Kier molecular flexibility index (Phi) is 3.64. The van der Waals surface area contributed by atoms with E-state index < -0.39 is 8.25 Å². The minimum Gasteiger partial charge on any atom is -0.134 e. The molecule has 1 aliphatic carbocycles. The van der Waals surface area contributed by atoms with Gasteiger partial charge in [-0.25, -0.2) is 0 Å². The molecule has 0 radical (unpaired) electrons. The summed E-state index contributed by atoms with van der Waals surface area (Å²) in [7, 11) is -2.87. The number of hydrogen-bond acceptors (Lipinski definition) is 1. The Hall–Kier alpha value is -1.54. The molecule has 2 aromatic carbocycles. The molecule has 0 atom stereocenters. The second-order valence-corrected chi connectivity index (χ2v) is 4.25. The maximum atomic E-state index is 8.70. The fraction of sp³-hybridized carbons (Fsp3) is 0.0769. The van der Waals surface area contributed by atoms with E-state index in [2.05, 4.69) is 48.5 Å². The highest BCUT2D eigenvalue weighted by Gasteiger charge is 2.15. The van der Waals surface area contributed by atoms with Crippen molar-refractivity contribution >= 4 is 8.25 Å². The van der Waals surface area contributed by atoms with Gasteiger partial charge in [-0.1, -0.05) is 48.5 Å². The summed E-state index contributed by atoms with van der Waals surface area (Å²) in [6, 6.07) is 17.3. The number of rotatable bonds is 0. The van der Waals surface area contributed by atoms with Gasteiger partial charge in [-0.15, -0.1) is 9.79 Å². The summed E-state index contributed by atoms with van der Waals surface area (Å²) in [6.45, 7) is 0. The molecule has 4 heteroatoms. The van der Waals surface area contributed by atoms with Gasteiger partial charge < -0.3 is 0 Å². The lowest BCUT2D eigenvalue weighted by Crippen LogP contribution is -1.77. The van der Waals surface area contributed by atoms with Gasteiger partial charge in [0.1, 0.15) is 0 Å². The van der Waals surface area contributed by atoms with Crippen LogP contribution in [-0.2, 0) is 11.0 Å². The topological polar surface area (TPSA) is 57.5 Å². The van der Waals surface area contributed by atoms with Gasteiger partial charge in [0.15, 0.2) is 0 Å². The van der Waals surface area contributed by atoms with E-state index in [0.717, 1.165) is 6.42 Å². The first-order chi connectivity index (χ1) is 8.18. The minimum atomic E-state index is -2.87. The van der Waals surface area contributed by atoms with Gasteiger partial charge in [-0.3, -0.25) is 0 Å². The van der Waals surface area contributed by atoms with Gasteiger partial charge in [0.2, 0.25) is 0 Å². The highest BCUT2D eigenvalue weighted by molar-refractivity contribution is 7.30. The smallest absolute Gasteiger partial charge is 0.134 e. The van der Waals surface area contributed by atoms with Crippen molar-refractivity contribution in [2.45, 2.75) is 6.42 Å².